The highest BCUT2D eigenvalue weighted by atomic mass is 16.5. The molecule has 4 rings (SSSR count). The number of nitrogens with zero attached hydrogens (tertiary/aromatic N) is 3. The van der Waals surface area contributed by atoms with Crippen LogP contribution in [0.4, 0.5) is 11.4 Å². The van der Waals surface area contributed by atoms with Gasteiger partial charge in [-0.05, 0) is 30.3 Å². The fraction of sp³-hybridized carbons (Fsp3) is 0.130. The van der Waals surface area contributed by atoms with E-state index in [-0.39, 0.29) is 17.0 Å². The lowest BCUT2D eigenvalue weighted by Gasteiger charge is -2.31. The Bertz CT molecular complexity index is 1220. The van der Waals surface area contributed by atoms with E-state index in [0.29, 0.717) is 30.1 Å². The molecule has 0 atom stereocenters. The fourth-order valence-electron chi connectivity index (χ4n) is 3.28. The summed E-state index contributed by atoms with van der Waals surface area (Å²) in [6.45, 7) is 0.685. The maximum Gasteiger partial charge on any atom is 0.228 e. The first-order valence-electron chi connectivity index (χ1n) is 9.72. The third-order valence-corrected chi connectivity index (χ3v) is 4.94. The predicted molar refractivity (Wildman–Crippen MR) is 120 cm³/mol. The largest absolute Gasteiger partial charge is 0.494 e. The van der Waals surface area contributed by atoms with E-state index in [1.165, 1.54) is 12.1 Å². The number of hydrogen-bond donors (Lipinski definition) is 2. The van der Waals surface area contributed by atoms with Gasteiger partial charge in [-0.3, -0.25) is 9.59 Å². The van der Waals surface area contributed by atoms with Gasteiger partial charge in [0.25, 0.3) is 0 Å². The number of para-hydroxylation sites is 1. The summed E-state index contributed by atoms with van der Waals surface area (Å²) in [6.07, 6.45) is 4.69. The molecule has 31 heavy (non-hydrogen) atoms. The minimum atomic E-state index is -0.283. The van der Waals surface area contributed by atoms with Gasteiger partial charge in [-0.25, -0.2) is 4.68 Å². The van der Waals surface area contributed by atoms with Gasteiger partial charge in [0.05, 0.1) is 12.8 Å². The van der Waals surface area contributed by atoms with E-state index in [4.69, 9.17) is 10.1 Å². The number of allylic oxidation sites excluding steroid dienone is 1. The highest BCUT2D eigenvalue weighted by Gasteiger charge is 2.26. The highest BCUT2D eigenvalue weighted by Crippen LogP contribution is 2.30. The smallest absolute Gasteiger partial charge is 0.228 e. The van der Waals surface area contributed by atoms with Crippen molar-refractivity contribution < 1.29 is 9.53 Å². The van der Waals surface area contributed by atoms with Crippen LogP contribution in [0.25, 0.3) is 11.4 Å². The number of benzene rings is 2. The summed E-state index contributed by atoms with van der Waals surface area (Å²) in [5.74, 6) is 0.597. The fourth-order valence-corrected chi connectivity index (χ4v) is 3.28. The zero-order valence-corrected chi connectivity index (χ0v) is 16.9. The van der Waals surface area contributed by atoms with E-state index >= 15 is 0 Å². The number of aromatic nitrogens is 2. The standard InChI is InChI=1S/C23H21N5O3/c1-31-21-15-17(27-13-11-22(27)30)7-8-19(21)28-14-10-20(29)23(26-28)18(9-12-24)25-16-5-3-2-4-6-16/h2-10,12,14-15,24-25H,11,13H2,1H3/b18-9-,24-12?. The lowest BCUT2D eigenvalue weighted by Crippen LogP contribution is -2.43. The number of carbonyl (C=O) groups excluding carboxylic acids is 1. The number of rotatable bonds is 7. The number of amides is 1. The van der Waals surface area contributed by atoms with Crippen molar-refractivity contribution in [2.45, 2.75) is 6.42 Å². The predicted octanol–water partition coefficient (Wildman–Crippen LogP) is 3.08. The maximum atomic E-state index is 12.6. The SMILES string of the molecule is COc1cc(N2CCC2=O)ccc1-n1ccc(=O)c(/C(=C/C=N)Nc2ccccc2)n1. The average molecular weight is 415 g/mol. The molecule has 3 aromatic rings. The summed E-state index contributed by atoms with van der Waals surface area (Å²) in [5, 5.41) is 15.1. The summed E-state index contributed by atoms with van der Waals surface area (Å²) in [7, 11) is 1.54. The first kappa shape index (κ1) is 20.1. The third kappa shape index (κ3) is 4.09. The quantitative estimate of drug-likeness (QED) is 0.456. The summed E-state index contributed by atoms with van der Waals surface area (Å²) in [4.78, 5) is 26.0. The molecule has 0 saturated carbocycles. The number of β-lactam (4-membered cyclic amide) rings is 1. The van der Waals surface area contributed by atoms with Crippen LogP contribution in [0.5, 0.6) is 5.75 Å². The topological polar surface area (TPSA) is 100 Å². The number of hydrogen-bond acceptors (Lipinski definition) is 6. The number of nitrogens with one attached hydrogen (secondary N) is 2. The molecule has 1 aliphatic rings. The van der Waals surface area contributed by atoms with Crippen molar-refractivity contribution in [1.29, 1.82) is 5.41 Å². The molecule has 2 heterocycles. The van der Waals surface area contributed by atoms with Crippen LogP contribution in [0.15, 0.2) is 71.7 Å². The van der Waals surface area contributed by atoms with Gasteiger partial charge >= 0.3 is 0 Å². The summed E-state index contributed by atoms with van der Waals surface area (Å²) >= 11 is 0. The number of anilines is 2. The van der Waals surface area contributed by atoms with E-state index in [0.717, 1.165) is 17.6 Å². The second-order valence-corrected chi connectivity index (χ2v) is 6.86. The molecule has 1 fully saturated rings. The number of methoxy groups -OCH3 is 1. The van der Waals surface area contributed by atoms with Gasteiger partial charge in [-0.1, -0.05) is 18.2 Å². The molecule has 2 N–H and O–H groups in total. The van der Waals surface area contributed by atoms with Crippen LogP contribution in [0.2, 0.25) is 0 Å². The molecule has 1 aromatic heterocycles. The van der Waals surface area contributed by atoms with Crippen molar-refractivity contribution in [3.63, 3.8) is 0 Å². The molecule has 0 aliphatic carbocycles. The molecular formula is C23H21N5O3. The Morgan fingerprint density at radius 2 is 1.97 bits per heavy atom. The van der Waals surface area contributed by atoms with Crippen LogP contribution in [0, 0.1) is 5.41 Å². The lowest BCUT2D eigenvalue weighted by atomic mass is 10.1. The Balaban J connectivity index is 1.73. The first-order valence-corrected chi connectivity index (χ1v) is 9.72. The Hall–Kier alpha value is -4.20. The number of ether oxygens (including phenoxy) is 1. The minimum Gasteiger partial charge on any atom is -0.494 e. The molecule has 0 unspecified atom stereocenters. The van der Waals surface area contributed by atoms with Crippen LogP contribution < -0.4 is 20.4 Å². The van der Waals surface area contributed by atoms with Gasteiger partial charge in [0.1, 0.15) is 11.4 Å². The molecule has 2 aromatic carbocycles. The molecule has 8 heteroatoms. The minimum absolute atomic E-state index is 0.0759. The van der Waals surface area contributed by atoms with E-state index in [2.05, 4.69) is 10.4 Å². The van der Waals surface area contributed by atoms with Crippen LogP contribution in [-0.4, -0.2) is 35.6 Å². The van der Waals surface area contributed by atoms with Crippen LogP contribution >= 0.6 is 0 Å². The van der Waals surface area contributed by atoms with Crippen molar-refractivity contribution >= 4 is 29.2 Å². The van der Waals surface area contributed by atoms with Gasteiger partial charge in [0, 0.05) is 48.9 Å². The molecule has 0 radical (unpaired) electrons. The van der Waals surface area contributed by atoms with Crippen molar-refractivity contribution in [3.05, 3.63) is 82.8 Å². The van der Waals surface area contributed by atoms with Crippen LogP contribution in [-0.2, 0) is 4.79 Å². The zero-order chi connectivity index (χ0) is 21.8. The van der Waals surface area contributed by atoms with Crippen LogP contribution in [0.1, 0.15) is 12.1 Å². The van der Waals surface area contributed by atoms with Gasteiger partial charge in [0.2, 0.25) is 11.3 Å². The summed E-state index contributed by atoms with van der Waals surface area (Å²) in [5.41, 5.74) is 2.44. The van der Waals surface area contributed by atoms with Gasteiger partial charge in [-0.2, -0.15) is 5.10 Å². The Morgan fingerprint density at radius 1 is 1.16 bits per heavy atom. The lowest BCUT2D eigenvalue weighted by molar-refractivity contribution is -0.122. The molecular weight excluding hydrogens is 394 g/mol. The maximum absolute atomic E-state index is 12.6. The molecule has 156 valence electrons. The molecule has 0 bridgehead atoms. The van der Waals surface area contributed by atoms with Gasteiger partial charge < -0.3 is 20.4 Å². The van der Waals surface area contributed by atoms with Gasteiger partial charge in [-0.15, -0.1) is 0 Å². The number of carbonyl (C=O) groups is 1. The third-order valence-electron chi connectivity index (χ3n) is 4.94. The van der Waals surface area contributed by atoms with Gasteiger partial charge in [0.15, 0.2) is 5.69 Å². The highest BCUT2D eigenvalue weighted by molar-refractivity contribution is 5.99. The van der Waals surface area contributed by atoms with E-state index < -0.39 is 0 Å². The zero-order valence-electron chi connectivity index (χ0n) is 16.9. The molecule has 1 aliphatic heterocycles. The average Bonchev–Trinajstić information content (AvgIpc) is 2.79. The second-order valence-electron chi connectivity index (χ2n) is 6.86. The van der Waals surface area contributed by atoms with Crippen molar-refractivity contribution in [3.8, 4) is 11.4 Å². The first-order chi connectivity index (χ1) is 15.1. The molecule has 1 saturated heterocycles. The normalized spacial score (nSPS) is 13.5. The summed E-state index contributed by atoms with van der Waals surface area (Å²) < 4.78 is 7.07. The Morgan fingerprint density at radius 3 is 2.61 bits per heavy atom. The van der Waals surface area contributed by atoms with Crippen molar-refractivity contribution in [1.82, 2.24) is 9.78 Å². The molecule has 0 spiro atoms. The van der Waals surface area contributed by atoms with E-state index in [1.807, 2.05) is 36.4 Å². The monoisotopic (exact) mass is 415 g/mol. The van der Waals surface area contributed by atoms with Crippen molar-refractivity contribution in [2.24, 2.45) is 0 Å². The van der Waals surface area contributed by atoms with Crippen LogP contribution in [0.3, 0.4) is 0 Å². The second kappa shape index (κ2) is 8.66. The summed E-state index contributed by atoms with van der Waals surface area (Å²) in [6, 6.07) is 16.2. The molecule has 8 nitrogen and oxygen atoms in total. The Labute approximate surface area is 178 Å². The molecule has 1 amide bonds. The van der Waals surface area contributed by atoms with E-state index in [1.54, 1.807) is 35.0 Å². The van der Waals surface area contributed by atoms with Crippen molar-refractivity contribution in [2.75, 3.05) is 23.9 Å². The Kier molecular flexibility index (Phi) is 5.61. The van der Waals surface area contributed by atoms with E-state index in [9.17, 15) is 9.59 Å².